The van der Waals surface area contributed by atoms with Gasteiger partial charge in [-0.15, -0.1) is 0 Å². The molecule has 65 heavy (non-hydrogen) atoms. The molecule has 4 aromatic rings. The number of fused-ring (bicyclic) bond motifs is 6. The van der Waals surface area contributed by atoms with E-state index in [1.165, 1.54) is 42.9 Å². The van der Waals surface area contributed by atoms with E-state index in [0.717, 1.165) is 60.1 Å². The number of carbonyl (C=O) groups is 4. The van der Waals surface area contributed by atoms with Crippen LogP contribution in [0.1, 0.15) is 126 Å². The van der Waals surface area contributed by atoms with Crippen molar-refractivity contribution in [2.45, 2.75) is 115 Å². The molecule has 3 amide bonds. The molecular formula is C52H60N6O7. The van der Waals surface area contributed by atoms with Crippen LogP contribution < -0.4 is 10.9 Å². The van der Waals surface area contributed by atoms with Gasteiger partial charge < -0.3 is 29.6 Å². The van der Waals surface area contributed by atoms with Gasteiger partial charge in [0, 0.05) is 31.4 Å². The fourth-order valence-corrected chi connectivity index (χ4v) is 11.4. The molecule has 3 aromatic carbocycles. The number of amides is 3. The molecule has 2 N–H and O–H groups in total. The van der Waals surface area contributed by atoms with Crippen LogP contribution in [0.15, 0.2) is 70.6 Å². The lowest BCUT2D eigenvalue weighted by Crippen LogP contribution is -2.51. The van der Waals surface area contributed by atoms with Crippen molar-refractivity contribution in [3.63, 3.8) is 0 Å². The molecule has 9 rings (SSSR count). The molecule has 0 spiro atoms. The van der Waals surface area contributed by atoms with Gasteiger partial charge in [-0.2, -0.15) is 0 Å². The second-order valence-electron chi connectivity index (χ2n) is 19.3. The first kappa shape index (κ1) is 44.1. The van der Waals surface area contributed by atoms with Crippen LogP contribution in [0.25, 0.3) is 38.7 Å². The van der Waals surface area contributed by atoms with E-state index in [2.05, 4.69) is 52.8 Å². The zero-order valence-electron chi connectivity index (χ0n) is 38.3. The van der Waals surface area contributed by atoms with Crippen molar-refractivity contribution in [2.24, 2.45) is 22.7 Å². The highest BCUT2D eigenvalue weighted by Crippen LogP contribution is 2.58. The summed E-state index contributed by atoms with van der Waals surface area (Å²) in [6, 6.07) is 18.0. The summed E-state index contributed by atoms with van der Waals surface area (Å²) in [6.07, 6.45) is 8.71. The van der Waals surface area contributed by atoms with Crippen LogP contribution >= 0.6 is 0 Å². The average molecular weight is 881 g/mol. The molecule has 1 aromatic heterocycles. The smallest absolute Gasteiger partial charge is 0.407 e. The number of rotatable bonds is 12. The Morgan fingerprint density at radius 1 is 0.769 bits per heavy atom. The Labute approximate surface area is 380 Å². The number of aliphatic imine (C=N–C) groups is 1. The molecule has 6 atom stereocenters. The number of alkyl carbamates (subject to hydrolysis) is 1. The molecule has 2 aliphatic carbocycles. The van der Waals surface area contributed by atoms with Crippen molar-refractivity contribution in [3.8, 4) is 22.3 Å². The number of allylic oxidation sites excluding steroid dienone is 1. The van der Waals surface area contributed by atoms with Crippen molar-refractivity contribution >= 4 is 46.1 Å². The highest BCUT2D eigenvalue weighted by atomic mass is 16.5. The molecule has 1 saturated carbocycles. The summed E-state index contributed by atoms with van der Waals surface area (Å²) in [5.74, 6) is 0.265. The van der Waals surface area contributed by atoms with Crippen LogP contribution in [-0.4, -0.2) is 88.7 Å². The fourth-order valence-electron chi connectivity index (χ4n) is 11.4. The highest BCUT2D eigenvalue weighted by molar-refractivity contribution is 6.03. The van der Waals surface area contributed by atoms with Gasteiger partial charge in [0.1, 0.15) is 11.9 Å². The summed E-state index contributed by atoms with van der Waals surface area (Å²) >= 11 is 0. The van der Waals surface area contributed by atoms with E-state index in [1.54, 1.807) is 4.90 Å². The monoisotopic (exact) mass is 880 g/mol. The summed E-state index contributed by atoms with van der Waals surface area (Å²) in [5.41, 5.74) is 11.0. The summed E-state index contributed by atoms with van der Waals surface area (Å²) in [5, 5.41) is 3.19. The highest BCUT2D eigenvalue weighted by Gasteiger charge is 2.42. The minimum absolute atomic E-state index is 0.0107. The third kappa shape index (κ3) is 8.27. The number of nitrogens with zero attached hydrogens (tertiary/aromatic N) is 4. The first-order chi connectivity index (χ1) is 31.3. The van der Waals surface area contributed by atoms with Crippen LogP contribution in [0.2, 0.25) is 0 Å². The van der Waals surface area contributed by atoms with Gasteiger partial charge in [-0.25, -0.2) is 9.78 Å². The quantitative estimate of drug-likeness (QED) is 0.134. The largest absolute Gasteiger partial charge is 0.469 e. The first-order valence-electron chi connectivity index (χ1n) is 23.4. The number of hydrogen-bond acceptors (Lipinski definition) is 9. The van der Waals surface area contributed by atoms with Crippen molar-refractivity contribution < 1.29 is 28.7 Å². The number of ether oxygens (including phenoxy) is 2. The third-order valence-corrected chi connectivity index (χ3v) is 14.8. The van der Waals surface area contributed by atoms with Crippen LogP contribution in [0.5, 0.6) is 0 Å². The van der Waals surface area contributed by atoms with Gasteiger partial charge in [0.25, 0.3) is 5.56 Å². The maximum absolute atomic E-state index is 13.9. The van der Waals surface area contributed by atoms with Crippen LogP contribution in [-0.2, 0) is 23.9 Å². The molecule has 13 nitrogen and oxygen atoms in total. The summed E-state index contributed by atoms with van der Waals surface area (Å²) in [6.45, 7) is 8.89. The Morgan fingerprint density at radius 2 is 1.40 bits per heavy atom. The summed E-state index contributed by atoms with van der Waals surface area (Å²) in [7, 11) is 2.64. The van der Waals surface area contributed by atoms with E-state index in [4.69, 9.17) is 19.5 Å². The zero-order chi connectivity index (χ0) is 45.7. The minimum atomic E-state index is -0.765. The lowest BCUT2D eigenvalue weighted by atomic mass is 9.81. The number of likely N-dealkylation sites (tertiary alicyclic amines) is 2. The van der Waals surface area contributed by atoms with E-state index < -0.39 is 24.1 Å². The number of aromatic amines is 1. The maximum atomic E-state index is 13.9. The minimum Gasteiger partial charge on any atom is -0.469 e. The SMILES string of the molecule is COC(=O)C[C@H](C(=O)N1CCCC1C1=NC=C(c2ccc(-c3ccc(-c4ccc5nc([C@@H]6CCCN6C(=O)[C@@H](NC(=O)OC)C(C)C)[nH]c(=O)c5c4)c4c3C3CCC4C3)cc2)C1)C(C)C. The van der Waals surface area contributed by atoms with Crippen molar-refractivity contribution in [1.29, 1.82) is 0 Å². The molecule has 5 aliphatic rings. The number of benzene rings is 3. The lowest BCUT2D eigenvalue weighted by molar-refractivity contribution is -0.148. The van der Waals surface area contributed by atoms with Gasteiger partial charge in [0.2, 0.25) is 11.8 Å². The van der Waals surface area contributed by atoms with E-state index in [1.807, 2.05) is 50.9 Å². The first-order valence-corrected chi connectivity index (χ1v) is 23.4. The average Bonchev–Trinajstić information content (AvgIpc) is 4.18. The van der Waals surface area contributed by atoms with Crippen molar-refractivity contribution in [1.82, 2.24) is 25.1 Å². The Hall–Kier alpha value is -6.11. The number of H-pyrrole nitrogens is 1. The van der Waals surface area contributed by atoms with Crippen molar-refractivity contribution in [2.75, 3.05) is 27.3 Å². The fraction of sp³-hybridized carbons (Fsp3) is 0.481. The Bertz CT molecular complexity index is 2670. The number of carbonyl (C=O) groups excluding carboxylic acids is 4. The molecule has 0 radical (unpaired) electrons. The van der Waals surface area contributed by atoms with Gasteiger partial charge in [-0.1, -0.05) is 70.2 Å². The second-order valence-corrected chi connectivity index (χ2v) is 19.3. The molecule has 3 fully saturated rings. The van der Waals surface area contributed by atoms with E-state index in [-0.39, 0.29) is 47.6 Å². The zero-order valence-corrected chi connectivity index (χ0v) is 38.3. The Morgan fingerprint density at radius 3 is 2.05 bits per heavy atom. The summed E-state index contributed by atoms with van der Waals surface area (Å²) < 4.78 is 9.70. The molecule has 3 unspecified atom stereocenters. The summed E-state index contributed by atoms with van der Waals surface area (Å²) in [4.78, 5) is 82.1. The number of methoxy groups -OCH3 is 2. The van der Waals surface area contributed by atoms with Crippen LogP contribution in [0.3, 0.4) is 0 Å². The molecule has 3 aliphatic heterocycles. The third-order valence-electron chi connectivity index (χ3n) is 14.8. The molecule has 13 heteroatoms. The van der Waals surface area contributed by atoms with Crippen LogP contribution in [0.4, 0.5) is 4.79 Å². The standard InChI is InChI=1S/C52H60N6O7/c1-28(2)38(26-44(59)64-5)50(61)57-21-7-9-42(57)41-25-35(27-53-41)30-11-13-31(14-12-30)36-18-19-37(46-34-16-15-33(23-34)45(36)46)32-17-20-40-39(24-32)49(60)56-48(54-40)43-10-8-22-58(43)51(62)47(29(3)4)55-52(63)65-6/h11-14,17-20,24,27-29,33-34,38,42-43,47H,7-10,15-16,21-23,25-26H2,1-6H3,(H,55,63)(H,54,56,60)/t33?,34?,38-,42?,43-,47-/m0/s1. The number of hydrogen-bond donors (Lipinski definition) is 2. The number of aromatic nitrogens is 2. The van der Waals surface area contributed by atoms with E-state index in [0.29, 0.717) is 54.5 Å². The Balaban J connectivity index is 0.931. The van der Waals surface area contributed by atoms with Crippen LogP contribution in [0, 0.1) is 17.8 Å². The van der Waals surface area contributed by atoms with Gasteiger partial charge in [-0.05, 0) is 125 Å². The molecule has 340 valence electrons. The van der Waals surface area contributed by atoms with Gasteiger partial charge >= 0.3 is 12.1 Å². The van der Waals surface area contributed by atoms with Crippen molar-refractivity contribution in [3.05, 3.63) is 93.7 Å². The second kappa shape index (κ2) is 18.0. The topological polar surface area (TPSA) is 163 Å². The number of esters is 1. The van der Waals surface area contributed by atoms with E-state index >= 15 is 0 Å². The van der Waals surface area contributed by atoms with E-state index in [9.17, 15) is 24.0 Å². The predicted molar refractivity (Wildman–Crippen MR) is 250 cm³/mol. The normalized spacial score (nSPS) is 22.0. The Kier molecular flexibility index (Phi) is 12.2. The lowest BCUT2D eigenvalue weighted by Gasteiger charge is -2.30. The maximum Gasteiger partial charge on any atom is 0.407 e. The number of nitrogens with one attached hydrogen (secondary N) is 2. The molecule has 2 bridgehead atoms. The van der Waals surface area contributed by atoms with Gasteiger partial charge in [-0.3, -0.25) is 24.2 Å². The van der Waals surface area contributed by atoms with Gasteiger partial charge in [0.15, 0.2) is 0 Å². The molecular weight excluding hydrogens is 821 g/mol. The van der Waals surface area contributed by atoms with Gasteiger partial charge in [0.05, 0.1) is 49.5 Å². The molecule has 4 heterocycles. The molecule has 2 saturated heterocycles. The predicted octanol–water partition coefficient (Wildman–Crippen LogP) is 8.68.